The van der Waals surface area contributed by atoms with E-state index < -0.39 is 17.2 Å². The Morgan fingerprint density at radius 3 is 2.81 bits per heavy atom. The molecule has 0 unspecified atom stereocenters. The molecule has 0 aliphatic carbocycles. The van der Waals surface area contributed by atoms with Gasteiger partial charge in [-0.15, -0.1) is 18.2 Å². The first kappa shape index (κ1) is 25.5. The van der Waals surface area contributed by atoms with Gasteiger partial charge in [0.25, 0.3) is 0 Å². The average molecular weight is 511 g/mol. The third kappa shape index (κ3) is 5.31. The van der Waals surface area contributed by atoms with E-state index in [0.717, 1.165) is 0 Å². The van der Waals surface area contributed by atoms with Gasteiger partial charge in [0, 0.05) is 30.7 Å². The van der Waals surface area contributed by atoms with Crippen LogP contribution in [0.4, 0.5) is 8.78 Å². The molecule has 1 fully saturated rings. The number of terminal acetylenes is 1. The zero-order valence-electron chi connectivity index (χ0n) is 19.8. The largest absolute Gasteiger partial charge is 0.463 e. The van der Waals surface area contributed by atoms with Gasteiger partial charge in [-0.25, -0.2) is 18.7 Å². The van der Waals surface area contributed by atoms with Crippen molar-refractivity contribution in [3.63, 3.8) is 0 Å². The molecule has 1 aromatic heterocycles. The summed E-state index contributed by atoms with van der Waals surface area (Å²) in [6.45, 7) is 3.57. The number of nitrogens with zero attached hydrogens (tertiary/aromatic N) is 4. The van der Waals surface area contributed by atoms with E-state index in [-0.39, 0.29) is 54.3 Å². The normalized spacial score (nSPS) is 21.4. The smallest absolute Gasteiger partial charge is 0.233 e. The zero-order valence-corrected chi connectivity index (χ0v) is 20.6. The number of likely N-dealkylation sites (tertiary alicyclic amines) is 1. The van der Waals surface area contributed by atoms with E-state index in [1.165, 1.54) is 56.2 Å². The number of carbonyl (C=O) groups is 2. The predicted molar refractivity (Wildman–Crippen MR) is 134 cm³/mol. The molecule has 0 N–H and O–H groups in total. The van der Waals surface area contributed by atoms with Gasteiger partial charge >= 0.3 is 0 Å². The van der Waals surface area contributed by atoms with Crippen LogP contribution in [0.2, 0.25) is 0 Å². The van der Waals surface area contributed by atoms with Crippen molar-refractivity contribution >= 4 is 40.4 Å². The SMILES string of the molecule is C#CCOc1cnc(/C(F)=C/c2ccc(F)c([C@]34CN(C(C)=O)C[C@H]3CSC(CC(C)=O)=N4)c2)cn1. The lowest BCUT2D eigenvalue weighted by atomic mass is 9.80. The summed E-state index contributed by atoms with van der Waals surface area (Å²) < 4.78 is 35.4. The van der Waals surface area contributed by atoms with Gasteiger partial charge in [0.15, 0.2) is 12.4 Å². The standard InChI is InChI=1S/C26H24F2N4O3S/c1-4-7-35-24-12-29-23(11-30-24)22(28)10-18-5-6-21(27)20(9-18)26-15-32(17(3)34)13-19(26)14-36-25(31-26)8-16(2)33/h1,5-6,9-12,19H,7-8,13-15H2,2-3H3/b22-10-/t19-,26-/m0/s1. The minimum Gasteiger partial charge on any atom is -0.463 e. The van der Waals surface area contributed by atoms with Gasteiger partial charge in [-0.05, 0) is 30.7 Å². The van der Waals surface area contributed by atoms with Crippen molar-refractivity contribution < 1.29 is 23.1 Å². The Hall–Kier alpha value is -3.58. The Balaban J connectivity index is 1.71. The molecule has 2 atom stereocenters. The van der Waals surface area contributed by atoms with Crippen LogP contribution in [0.5, 0.6) is 5.88 Å². The second-order valence-electron chi connectivity index (χ2n) is 8.68. The number of rotatable bonds is 7. The molecule has 2 aromatic rings. The number of ether oxygens (including phenoxy) is 1. The van der Waals surface area contributed by atoms with Crippen molar-refractivity contribution in [3.05, 3.63) is 53.2 Å². The van der Waals surface area contributed by atoms with Crippen molar-refractivity contribution in [2.75, 3.05) is 25.4 Å². The number of aromatic nitrogens is 2. The van der Waals surface area contributed by atoms with E-state index in [1.54, 1.807) is 11.0 Å². The summed E-state index contributed by atoms with van der Waals surface area (Å²) in [4.78, 5) is 38.4. The number of carbonyl (C=O) groups excluding carboxylic acids is 2. The summed E-state index contributed by atoms with van der Waals surface area (Å²) in [5.74, 6) is 1.56. The van der Waals surface area contributed by atoms with Crippen molar-refractivity contribution in [1.82, 2.24) is 14.9 Å². The first-order chi connectivity index (χ1) is 17.2. The lowest BCUT2D eigenvalue weighted by Gasteiger charge is -2.36. The van der Waals surface area contributed by atoms with Gasteiger partial charge in [0.1, 0.15) is 22.8 Å². The zero-order chi connectivity index (χ0) is 25.9. The lowest BCUT2D eigenvalue weighted by molar-refractivity contribution is -0.128. The van der Waals surface area contributed by atoms with Gasteiger partial charge in [-0.1, -0.05) is 12.0 Å². The molecular formula is C26H24F2N4O3S. The molecule has 1 aromatic carbocycles. The first-order valence-corrected chi connectivity index (χ1v) is 12.2. The number of hydrogen-bond donors (Lipinski definition) is 0. The molecule has 4 rings (SSSR count). The van der Waals surface area contributed by atoms with Crippen LogP contribution in [-0.2, 0) is 15.1 Å². The molecule has 0 radical (unpaired) electrons. The highest BCUT2D eigenvalue weighted by Gasteiger charge is 2.52. The monoisotopic (exact) mass is 510 g/mol. The molecule has 0 bridgehead atoms. The summed E-state index contributed by atoms with van der Waals surface area (Å²) in [6, 6.07) is 4.27. The molecule has 2 aliphatic heterocycles. The number of amides is 1. The van der Waals surface area contributed by atoms with E-state index >= 15 is 4.39 Å². The highest BCUT2D eigenvalue weighted by molar-refractivity contribution is 8.14. The third-order valence-electron chi connectivity index (χ3n) is 6.10. The van der Waals surface area contributed by atoms with Crippen LogP contribution in [-0.4, -0.2) is 57.1 Å². The second-order valence-corrected chi connectivity index (χ2v) is 9.77. The number of thioether (sulfide) groups is 1. The highest BCUT2D eigenvalue weighted by Crippen LogP contribution is 2.47. The van der Waals surface area contributed by atoms with E-state index in [1.807, 2.05) is 0 Å². The maximum absolute atomic E-state index is 15.3. The van der Waals surface area contributed by atoms with E-state index in [2.05, 4.69) is 15.9 Å². The van der Waals surface area contributed by atoms with Crippen LogP contribution in [0.15, 0.2) is 35.6 Å². The fourth-order valence-electron chi connectivity index (χ4n) is 4.39. The number of hydrogen-bond acceptors (Lipinski definition) is 7. The Morgan fingerprint density at radius 1 is 1.33 bits per heavy atom. The fourth-order valence-corrected chi connectivity index (χ4v) is 5.70. The number of ketones is 1. The van der Waals surface area contributed by atoms with Gasteiger partial charge in [-0.2, -0.15) is 0 Å². The predicted octanol–water partition coefficient (Wildman–Crippen LogP) is 3.89. The third-order valence-corrected chi connectivity index (χ3v) is 7.23. The molecule has 186 valence electrons. The van der Waals surface area contributed by atoms with Crippen LogP contribution < -0.4 is 4.74 Å². The maximum Gasteiger partial charge on any atom is 0.233 e. The molecule has 36 heavy (non-hydrogen) atoms. The number of halogens is 2. The van der Waals surface area contributed by atoms with Crippen molar-refractivity contribution in [2.24, 2.45) is 10.9 Å². The number of benzene rings is 1. The minimum atomic E-state index is -1.05. The Kier molecular flexibility index (Phi) is 7.50. The lowest BCUT2D eigenvalue weighted by Crippen LogP contribution is -2.39. The quantitative estimate of drug-likeness (QED) is 0.526. The molecule has 0 spiro atoms. The summed E-state index contributed by atoms with van der Waals surface area (Å²) >= 11 is 1.46. The van der Waals surface area contributed by atoms with Crippen LogP contribution in [0.1, 0.15) is 37.1 Å². The minimum absolute atomic E-state index is 0.0175. The van der Waals surface area contributed by atoms with Gasteiger partial charge in [-0.3, -0.25) is 14.6 Å². The average Bonchev–Trinajstić information content (AvgIpc) is 3.24. The maximum atomic E-state index is 15.3. The summed E-state index contributed by atoms with van der Waals surface area (Å²) in [6.07, 6.45) is 9.00. The van der Waals surface area contributed by atoms with E-state index in [9.17, 15) is 14.0 Å². The molecule has 2 aliphatic rings. The van der Waals surface area contributed by atoms with Crippen molar-refractivity contribution in [1.29, 1.82) is 0 Å². The van der Waals surface area contributed by atoms with Crippen LogP contribution in [0.3, 0.4) is 0 Å². The summed E-state index contributed by atoms with van der Waals surface area (Å²) in [7, 11) is 0. The van der Waals surface area contributed by atoms with Crippen molar-refractivity contribution in [3.8, 4) is 18.2 Å². The number of aliphatic imine (C=N–C) groups is 1. The molecule has 0 saturated carbocycles. The molecule has 10 heteroatoms. The molecule has 1 amide bonds. The highest BCUT2D eigenvalue weighted by atomic mass is 32.2. The Bertz CT molecular complexity index is 1290. The van der Waals surface area contributed by atoms with Crippen LogP contribution in [0, 0.1) is 24.1 Å². The van der Waals surface area contributed by atoms with E-state index in [4.69, 9.17) is 16.2 Å². The molecule has 3 heterocycles. The number of fused-ring (bicyclic) bond motifs is 1. The Labute approximate surface area is 212 Å². The molecule has 7 nitrogen and oxygen atoms in total. The topological polar surface area (TPSA) is 84.8 Å². The summed E-state index contributed by atoms with van der Waals surface area (Å²) in [5, 5.41) is 0.609. The molecule has 1 saturated heterocycles. The Morgan fingerprint density at radius 2 is 2.14 bits per heavy atom. The number of Topliss-reactive ketones (excluding diaryl/α,β-unsaturated/α-hetero) is 1. The van der Waals surface area contributed by atoms with Crippen LogP contribution in [0.25, 0.3) is 11.9 Å². The van der Waals surface area contributed by atoms with Crippen molar-refractivity contribution in [2.45, 2.75) is 25.8 Å². The first-order valence-electron chi connectivity index (χ1n) is 11.2. The summed E-state index contributed by atoms with van der Waals surface area (Å²) in [5.41, 5.74) is -0.413. The molecular weight excluding hydrogens is 486 g/mol. The van der Waals surface area contributed by atoms with Crippen LogP contribution >= 0.6 is 11.8 Å². The van der Waals surface area contributed by atoms with Gasteiger partial charge < -0.3 is 9.64 Å². The second kappa shape index (κ2) is 10.6. The van der Waals surface area contributed by atoms with Gasteiger partial charge in [0.2, 0.25) is 11.8 Å². The van der Waals surface area contributed by atoms with E-state index in [0.29, 0.717) is 22.9 Å². The fraction of sp³-hybridized carbons (Fsp3) is 0.346. The van der Waals surface area contributed by atoms with Gasteiger partial charge in [0.05, 0.1) is 30.4 Å².